The summed E-state index contributed by atoms with van der Waals surface area (Å²) in [5.41, 5.74) is 1.22. The van der Waals surface area contributed by atoms with Gasteiger partial charge in [0.1, 0.15) is 0 Å². The summed E-state index contributed by atoms with van der Waals surface area (Å²) in [5.74, 6) is -0.361. The van der Waals surface area contributed by atoms with Crippen LogP contribution < -0.4 is 10.0 Å². The Kier molecular flexibility index (Phi) is 8.00. The third kappa shape index (κ3) is 6.74. The average Bonchev–Trinajstić information content (AvgIpc) is 2.68. The van der Waals surface area contributed by atoms with Gasteiger partial charge in [-0.05, 0) is 47.7 Å². The molecule has 0 aromatic heterocycles. The second kappa shape index (κ2) is 10.2. The number of hydrogen-bond acceptors (Lipinski definition) is 5. The van der Waals surface area contributed by atoms with E-state index < -0.39 is 10.0 Å². The van der Waals surface area contributed by atoms with E-state index in [0.29, 0.717) is 22.7 Å². The number of rotatable bonds is 7. The zero-order valence-electron chi connectivity index (χ0n) is 16.4. The van der Waals surface area contributed by atoms with Crippen LogP contribution in [-0.4, -0.2) is 45.1 Å². The number of nitrogens with zero attached hydrogens (tertiary/aromatic N) is 1. The zero-order chi connectivity index (χ0) is 21.4. The SMILES string of the molecule is CCNS(=O)(=O)c1ccc(/C=C/C(=O)Nc2ccccc2SC(=O)N(C)C)cc1. The van der Waals surface area contributed by atoms with Crippen molar-refractivity contribution in [3.8, 4) is 0 Å². The van der Waals surface area contributed by atoms with Crippen molar-refractivity contribution < 1.29 is 18.0 Å². The highest BCUT2D eigenvalue weighted by atomic mass is 32.2. The van der Waals surface area contributed by atoms with E-state index in [2.05, 4.69) is 10.0 Å². The number of thioether (sulfide) groups is 1. The van der Waals surface area contributed by atoms with Crippen molar-refractivity contribution in [1.29, 1.82) is 0 Å². The van der Waals surface area contributed by atoms with Crippen LogP contribution in [0.3, 0.4) is 0 Å². The molecule has 0 radical (unpaired) electrons. The molecule has 0 bridgehead atoms. The molecule has 2 amide bonds. The first-order chi connectivity index (χ1) is 13.7. The highest BCUT2D eigenvalue weighted by Crippen LogP contribution is 2.28. The summed E-state index contributed by atoms with van der Waals surface area (Å²) in [7, 11) is -0.185. The normalized spacial score (nSPS) is 11.4. The van der Waals surface area contributed by atoms with Gasteiger partial charge in [-0.15, -0.1) is 0 Å². The van der Waals surface area contributed by atoms with Crippen LogP contribution in [0.2, 0.25) is 0 Å². The van der Waals surface area contributed by atoms with Crippen LogP contribution in [0.5, 0.6) is 0 Å². The van der Waals surface area contributed by atoms with Crippen LogP contribution in [0.1, 0.15) is 12.5 Å². The maximum absolute atomic E-state index is 12.3. The van der Waals surface area contributed by atoms with E-state index in [1.165, 1.54) is 23.1 Å². The highest BCUT2D eigenvalue weighted by Gasteiger charge is 2.12. The smallest absolute Gasteiger partial charge is 0.286 e. The molecule has 2 N–H and O–H groups in total. The van der Waals surface area contributed by atoms with Gasteiger partial charge in [0.15, 0.2) is 0 Å². The van der Waals surface area contributed by atoms with Gasteiger partial charge in [0.2, 0.25) is 15.9 Å². The van der Waals surface area contributed by atoms with Crippen molar-refractivity contribution in [2.75, 3.05) is 26.0 Å². The fourth-order valence-electron chi connectivity index (χ4n) is 2.22. The van der Waals surface area contributed by atoms with Gasteiger partial charge in [-0.2, -0.15) is 0 Å². The van der Waals surface area contributed by atoms with Crippen molar-refractivity contribution >= 4 is 44.7 Å². The van der Waals surface area contributed by atoms with Crippen molar-refractivity contribution in [2.24, 2.45) is 0 Å². The van der Waals surface area contributed by atoms with Gasteiger partial charge >= 0.3 is 0 Å². The van der Waals surface area contributed by atoms with Crippen molar-refractivity contribution in [2.45, 2.75) is 16.7 Å². The quantitative estimate of drug-likeness (QED) is 0.515. The van der Waals surface area contributed by atoms with E-state index in [1.807, 2.05) is 0 Å². The molecule has 7 nitrogen and oxygen atoms in total. The molecule has 29 heavy (non-hydrogen) atoms. The molecule has 0 saturated carbocycles. The molecule has 2 aromatic rings. The number of para-hydroxylation sites is 1. The predicted molar refractivity (Wildman–Crippen MR) is 116 cm³/mol. The lowest BCUT2D eigenvalue weighted by Crippen LogP contribution is -2.22. The first-order valence-corrected chi connectivity index (χ1v) is 11.1. The molecule has 154 valence electrons. The van der Waals surface area contributed by atoms with Crippen molar-refractivity contribution in [1.82, 2.24) is 9.62 Å². The van der Waals surface area contributed by atoms with Crippen LogP contribution in [0.25, 0.3) is 6.08 Å². The Morgan fingerprint density at radius 3 is 2.34 bits per heavy atom. The van der Waals surface area contributed by atoms with Gasteiger partial charge in [0.25, 0.3) is 5.24 Å². The molecule has 2 rings (SSSR count). The standard InChI is InChI=1S/C20H23N3O4S2/c1-4-21-29(26,27)16-12-9-15(10-13-16)11-14-19(24)22-17-7-5-6-8-18(17)28-20(25)23(2)3/h5-14,21H,4H2,1-3H3,(H,22,24)/b14-11+. The highest BCUT2D eigenvalue weighted by molar-refractivity contribution is 8.13. The number of benzene rings is 2. The van der Waals surface area contributed by atoms with Gasteiger partial charge < -0.3 is 10.2 Å². The Bertz CT molecular complexity index is 1000. The van der Waals surface area contributed by atoms with Gasteiger partial charge in [0, 0.05) is 31.6 Å². The summed E-state index contributed by atoms with van der Waals surface area (Å²) < 4.78 is 26.3. The molecule has 0 saturated heterocycles. The Labute approximate surface area is 175 Å². The second-order valence-corrected chi connectivity index (χ2v) is 8.91. The number of carbonyl (C=O) groups excluding carboxylic acids is 2. The molecule has 0 aliphatic rings. The lowest BCUT2D eigenvalue weighted by atomic mass is 10.2. The summed E-state index contributed by atoms with van der Waals surface area (Å²) in [5, 5.41) is 2.61. The third-order valence-corrected chi connectivity index (χ3v) is 6.34. The number of nitrogens with one attached hydrogen (secondary N) is 2. The van der Waals surface area contributed by atoms with Gasteiger partial charge in [-0.1, -0.05) is 31.2 Å². The zero-order valence-corrected chi connectivity index (χ0v) is 18.0. The van der Waals surface area contributed by atoms with Crippen molar-refractivity contribution in [3.05, 3.63) is 60.2 Å². The van der Waals surface area contributed by atoms with E-state index in [9.17, 15) is 18.0 Å². The summed E-state index contributed by atoms with van der Waals surface area (Å²) in [6.45, 7) is 2.02. The van der Waals surface area contributed by atoms with Gasteiger partial charge in [-0.3, -0.25) is 9.59 Å². The van der Waals surface area contributed by atoms with Crippen LogP contribution in [0.15, 0.2) is 64.4 Å². The molecular weight excluding hydrogens is 410 g/mol. The molecular formula is C20H23N3O4S2. The van der Waals surface area contributed by atoms with Crippen LogP contribution in [0, 0.1) is 0 Å². The average molecular weight is 434 g/mol. The van der Waals surface area contributed by atoms with Crippen LogP contribution in [0.4, 0.5) is 10.5 Å². The number of carbonyl (C=O) groups is 2. The molecule has 0 unspecified atom stereocenters. The van der Waals surface area contributed by atoms with E-state index in [0.717, 1.165) is 11.8 Å². The predicted octanol–water partition coefficient (Wildman–Crippen LogP) is 3.41. The van der Waals surface area contributed by atoms with Gasteiger partial charge in [-0.25, -0.2) is 13.1 Å². The minimum atomic E-state index is -3.51. The van der Waals surface area contributed by atoms with Crippen LogP contribution in [-0.2, 0) is 14.8 Å². The molecule has 0 atom stereocenters. The van der Waals surface area contributed by atoms with Gasteiger partial charge in [0.05, 0.1) is 10.6 Å². The van der Waals surface area contributed by atoms with Crippen LogP contribution >= 0.6 is 11.8 Å². The first-order valence-electron chi connectivity index (χ1n) is 8.80. The Balaban J connectivity index is 2.06. The third-order valence-electron chi connectivity index (χ3n) is 3.66. The minimum Gasteiger partial charge on any atom is -0.339 e. The van der Waals surface area contributed by atoms with E-state index in [4.69, 9.17) is 0 Å². The largest absolute Gasteiger partial charge is 0.339 e. The monoisotopic (exact) mass is 433 g/mol. The summed E-state index contributed by atoms with van der Waals surface area (Å²) in [4.78, 5) is 26.4. The number of sulfonamides is 1. The summed E-state index contributed by atoms with van der Waals surface area (Å²) in [6, 6.07) is 13.2. The van der Waals surface area contributed by atoms with E-state index in [-0.39, 0.29) is 16.0 Å². The molecule has 0 fully saturated rings. The number of amides is 2. The summed E-state index contributed by atoms with van der Waals surface area (Å²) in [6.07, 6.45) is 2.93. The lowest BCUT2D eigenvalue weighted by molar-refractivity contribution is -0.111. The molecule has 2 aromatic carbocycles. The molecule has 0 aliphatic heterocycles. The summed E-state index contributed by atoms with van der Waals surface area (Å²) >= 11 is 1.03. The fourth-order valence-corrected chi connectivity index (χ4v) is 4.01. The Morgan fingerprint density at radius 1 is 1.07 bits per heavy atom. The molecule has 9 heteroatoms. The molecule has 0 spiro atoms. The Morgan fingerprint density at radius 2 is 1.72 bits per heavy atom. The number of hydrogen-bond donors (Lipinski definition) is 2. The minimum absolute atomic E-state index is 0.144. The Hall–Kier alpha value is -2.62. The topological polar surface area (TPSA) is 95.6 Å². The number of anilines is 1. The maximum Gasteiger partial charge on any atom is 0.286 e. The van der Waals surface area contributed by atoms with E-state index in [1.54, 1.807) is 63.5 Å². The fraction of sp³-hybridized carbons (Fsp3) is 0.200. The molecule has 0 heterocycles. The lowest BCUT2D eigenvalue weighted by Gasteiger charge is -2.12. The maximum atomic E-state index is 12.3. The van der Waals surface area contributed by atoms with E-state index >= 15 is 0 Å². The molecule has 0 aliphatic carbocycles. The first kappa shape index (κ1) is 22.7. The van der Waals surface area contributed by atoms with Crippen molar-refractivity contribution in [3.63, 3.8) is 0 Å². The second-order valence-electron chi connectivity index (χ2n) is 6.15.